The highest BCUT2D eigenvalue weighted by Crippen LogP contribution is 2.20. The van der Waals surface area contributed by atoms with Gasteiger partial charge in [-0.1, -0.05) is 17.7 Å². The highest BCUT2D eigenvalue weighted by Gasteiger charge is 2.07. The molecule has 0 unspecified atom stereocenters. The summed E-state index contributed by atoms with van der Waals surface area (Å²) in [6.45, 7) is 1.95. The van der Waals surface area contributed by atoms with Crippen LogP contribution in [0, 0.1) is 6.92 Å². The van der Waals surface area contributed by atoms with Crippen molar-refractivity contribution < 1.29 is 0 Å². The summed E-state index contributed by atoms with van der Waals surface area (Å²) in [5, 5.41) is 4.60. The van der Waals surface area contributed by atoms with E-state index in [1.807, 2.05) is 31.2 Å². The standard InChI is InChI=1S/C12H9ClN4/c1-8-3-2-4-9(15-8)10-7-11(13)17-12(16-10)5-6-14-17/h2-7H,1H3. The molecule has 84 valence electrons. The Balaban J connectivity index is 2.23. The molecule has 3 heterocycles. The maximum absolute atomic E-state index is 6.13. The molecule has 0 fully saturated rings. The molecule has 0 radical (unpaired) electrons. The van der Waals surface area contributed by atoms with Crippen molar-refractivity contribution in [3.05, 3.63) is 47.4 Å². The zero-order chi connectivity index (χ0) is 11.8. The van der Waals surface area contributed by atoms with Crippen molar-refractivity contribution in [3.8, 4) is 11.4 Å². The van der Waals surface area contributed by atoms with Crippen molar-refractivity contribution in [1.82, 2.24) is 19.6 Å². The van der Waals surface area contributed by atoms with Crippen molar-refractivity contribution in [2.24, 2.45) is 0 Å². The highest BCUT2D eigenvalue weighted by molar-refractivity contribution is 6.29. The zero-order valence-corrected chi connectivity index (χ0v) is 9.89. The first-order valence-electron chi connectivity index (χ1n) is 5.18. The monoisotopic (exact) mass is 244 g/mol. The second kappa shape index (κ2) is 3.82. The average molecular weight is 245 g/mol. The van der Waals surface area contributed by atoms with Crippen LogP contribution in [0.2, 0.25) is 5.15 Å². The van der Waals surface area contributed by atoms with Gasteiger partial charge in [0.05, 0.1) is 17.6 Å². The van der Waals surface area contributed by atoms with Crippen LogP contribution >= 0.6 is 11.6 Å². The summed E-state index contributed by atoms with van der Waals surface area (Å²) < 4.78 is 1.58. The Labute approximate surface area is 103 Å². The number of aromatic nitrogens is 4. The van der Waals surface area contributed by atoms with E-state index in [1.54, 1.807) is 16.8 Å². The van der Waals surface area contributed by atoms with E-state index < -0.39 is 0 Å². The first-order chi connectivity index (χ1) is 8.24. The molecule has 0 aromatic carbocycles. The number of fused-ring (bicyclic) bond motifs is 1. The second-order valence-electron chi connectivity index (χ2n) is 3.73. The van der Waals surface area contributed by atoms with Gasteiger partial charge in [-0.15, -0.1) is 0 Å². The van der Waals surface area contributed by atoms with Crippen LogP contribution in [0.1, 0.15) is 5.69 Å². The van der Waals surface area contributed by atoms with Gasteiger partial charge in [0.2, 0.25) is 0 Å². The van der Waals surface area contributed by atoms with Gasteiger partial charge in [-0.25, -0.2) is 9.50 Å². The molecule has 4 nitrogen and oxygen atoms in total. The van der Waals surface area contributed by atoms with E-state index in [0.717, 1.165) is 22.7 Å². The molecular formula is C12H9ClN4. The van der Waals surface area contributed by atoms with Crippen LogP contribution in [-0.4, -0.2) is 19.6 Å². The first-order valence-corrected chi connectivity index (χ1v) is 5.56. The van der Waals surface area contributed by atoms with Crippen molar-refractivity contribution >= 4 is 17.2 Å². The second-order valence-corrected chi connectivity index (χ2v) is 4.12. The lowest BCUT2D eigenvalue weighted by Crippen LogP contribution is -1.96. The van der Waals surface area contributed by atoms with E-state index >= 15 is 0 Å². The van der Waals surface area contributed by atoms with E-state index in [1.165, 1.54) is 0 Å². The number of rotatable bonds is 1. The van der Waals surface area contributed by atoms with Crippen molar-refractivity contribution in [3.63, 3.8) is 0 Å². The maximum atomic E-state index is 6.13. The summed E-state index contributed by atoms with van der Waals surface area (Å²) in [5.41, 5.74) is 3.24. The Hall–Kier alpha value is -1.94. The molecule has 5 heteroatoms. The Kier molecular flexibility index (Phi) is 2.30. The molecule has 0 amide bonds. The number of halogens is 1. The normalized spacial score (nSPS) is 10.9. The third-order valence-electron chi connectivity index (χ3n) is 2.47. The molecule has 0 N–H and O–H groups in total. The van der Waals surface area contributed by atoms with Crippen LogP contribution < -0.4 is 0 Å². The summed E-state index contributed by atoms with van der Waals surface area (Å²) in [6, 6.07) is 9.39. The molecule has 0 saturated heterocycles. The van der Waals surface area contributed by atoms with Crippen LogP contribution in [0.5, 0.6) is 0 Å². The van der Waals surface area contributed by atoms with Crippen LogP contribution in [0.15, 0.2) is 36.5 Å². The largest absolute Gasteiger partial charge is 0.251 e. The number of aryl methyl sites for hydroxylation is 1. The summed E-state index contributed by atoms with van der Waals surface area (Å²) in [5.74, 6) is 0. The Morgan fingerprint density at radius 1 is 1.12 bits per heavy atom. The SMILES string of the molecule is Cc1cccc(-c2cc(Cl)n3nccc3n2)n1. The van der Waals surface area contributed by atoms with E-state index in [-0.39, 0.29) is 0 Å². The van der Waals surface area contributed by atoms with Gasteiger partial charge in [-0.2, -0.15) is 5.10 Å². The van der Waals surface area contributed by atoms with Gasteiger partial charge < -0.3 is 0 Å². The van der Waals surface area contributed by atoms with E-state index in [9.17, 15) is 0 Å². The molecule has 0 aliphatic carbocycles. The van der Waals surface area contributed by atoms with E-state index in [0.29, 0.717) is 5.15 Å². The molecule has 17 heavy (non-hydrogen) atoms. The summed E-state index contributed by atoms with van der Waals surface area (Å²) in [7, 11) is 0. The fourth-order valence-corrected chi connectivity index (χ4v) is 1.93. The topological polar surface area (TPSA) is 43.1 Å². The Morgan fingerprint density at radius 3 is 2.82 bits per heavy atom. The van der Waals surface area contributed by atoms with Gasteiger partial charge in [0.15, 0.2) is 5.65 Å². The number of hydrogen-bond donors (Lipinski definition) is 0. The van der Waals surface area contributed by atoms with Gasteiger partial charge in [-0.3, -0.25) is 4.98 Å². The molecule has 3 aromatic rings. The summed E-state index contributed by atoms with van der Waals surface area (Å²) in [6.07, 6.45) is 1.67. The lowest BCUT2D eigenvalue weighted by molar-refractivity contribution is 0.940. The molecule has 3 rings (SSSR count). The van der Waals surface area contributed by atoms with Crippen LogP contribution in [0.25, 0.3) is 17.0 Å². The Bertz CT molecular complexity index is 690. The smallest absolute Gasteiger partial charge is 0.157 e. The minimum atomic E-state index is 0.526. The van der Waals surface area contributed by atoms with Crippen molar-refractivity contribution in [2.75, 3.05) is 0 Å². The van der Waals surface area contributed by atoms with Crippen LogP contribution in [0.4, 0.5) is 0 Å². The first kappa shape index (κ1) is 10.2. The minimum Gasteiger partial charge on any atom is -0.251 e. The third kappa shape index (κ3) is 1.76. The summed E-state index contributed by atoms with van der Waals surface area (Å²) in [4.78, 5) is 8.89. The van der Waals surface area contributed by atoms with Crippen LogP contribution in [-0.2, 0) is 0 Å². The predicted octanol–water partition coefficient (Wildman–Crippen LogP) is 2.75. The van der Waals surface area contributed by atoms with Gasteiger partial charge in [-0.05, 0) is 19.1 Å². The van der Waals surface area contributed by atoms with E-state index in [2.05, 4.69) is 15.1 Å². The van der Waals surface area contributed by atoms with Gasteiger partial charge in [0, 0.05) is 17.8 Å². The number of hydrogen-bond acceptors (Lipinski definition) is 3. The molecule has 0 bridgehead atoms. The molecule has 0 spiro atoms. The molecule has 3 aromatic heterocycles. The molecular weight excluding hydrogens is 236 g/mol. The maximum Gasteiger partial charge on any atom is 0.157 e. The van der Waals surface area contributed by atoms with Gasteiger partial charge >= 0.3 is 0 Å². The number of nitrogens with zero attached hydrogens (tertiary/aromatic N) is 4. The third-order valence-corrected chi connectivity index (χ3v) is 2.74. The lowest BCUT2D eigenvalue weighted by atomic mass is 10.2. The van der Waals surface area contributed by atoms with Gasteiger partial charge in [0.1, 0.15) is 5.15 Å². The molecule has 0 aliphatic rings. The molecule has 0 atom stereocenters. The van der Waals surface area contributed by atoms with Gasteiger partial charge in [0.25, 0.3) is 0 Å². The number of pyridine rings is 1. The zero-order valence-electron chi connectivity index (χ0n) is 9.13. The van der Waals surface area contributed by atoms with Crippen molar-refractivity contribution in [1.29, 1.82) is 0 Å². The van der Waals surface area contributed by atoms with Crippen molar-refractivity contribution in [2.45, 2.75) is 6.92 Å². The lowest BCUT2D eigenvalue weighted by Gasteiger charge is -2.03. The quantitative estimate of drug-likeness (QED) is 0.618. The summed E-state index contributed by atoms with van der Waals surface area (Å²) >= 11 is 6.13. The Morgan fingerprint density at radius 2 is 2.00 bits per heavy atom. The van der Waals surface area contributed by atoms with E-state index in [4.69, 9.17) is 11.6 Å². The minimum absolute atomic E-state index is 0.526. The average Bonchev–Trinajstić information content (AvgIpc) is 2.77. The fourth-order valence-electron chi connectivity index (χ4n) is 1.69. The molecule has 0 aliphatic heterocycles. The van der Waals surface area contributed by atoms with Crippen LogP contribution in [0.3, 0.4) is 0 Å². The molecule has 0 saturated carbocycles. The fraction of sp³-hybridized carbons (Fsp3) is 0.0833. The highest BCUT2D eigenvalue weighted by atomic mass is 35.5. The predicted molar refractivity (Wildman–Crippen MR) is 66.0 cm³/mol.